The summed E-state index contributed by atoms with van der Waals surface area (Å²) in [4.78, 5) is 29.3. The summed E-state index contributed by atoms with van der Waals surface area (Å²) in [5.41, 5.74) is 0.633. The molecule has 1 unspecified atom stereocenters. The topological polar surface area (TPSA) is 84.2 Å². The molecule has 0 spiro atoms. The van der Waals surface area contributed by atoms with Crippen molar-refractivity contribution in [3.8, 4) is 0 Å². The maximum Gasteiger partial charge on any atom is 0.291 e. The van der Waals surface area contributed by atoms with Crippen molar-refractivity contribution >= 4 is 35.1 Å². The van der Waals surface area contributed by atoms with Crippen LogP contribution in [-0.2, 0) is 4.79 Å². The Balaban J connectivity index is 1.61. The fourth-order valence-corrected chi connectivity index (χ4v) is 3.10. The van der Waals surface area contributed by atoms with Crippen molar-refractivity contribution in [3.05, 3.63) is 72.8 Å². The maximum atomic E-state index is 12.3. The largest absolute Gasteiger partial charge is 0.459 e. The third kappa shape index (κ3) is 4.73. The molecule has 6 nitrogen and oxygen atoms in total. The van der Waals surface area contributed by atoms with Crippen LogP contribution in [0.15, 0.2) is 76.4 Å². The number of nitrogens with one attached hydrogen (secondary N) is 2. The highest BCUT2D eigenvalue weighted by atomic mass is 32.2. The standard InChI is InChI=1S/C19H17N3O3S/c1-13(18(23)22-17-9-2-3-10-20-17)26-15-7-4-6-14(12-15)21-19(24)16-8-5-11-25-16/h2-13H,1H3,(H,21,24)(H,20,22,23). The van der Waals surface area contributed by atoms with Crippen molar-refractivity contribution in [3.63, 3.8) is 0 Å². The lowest BCUT2D eigenvalue weighted by molar-refractivity contribution is -0.115. The summed E-state index contributed by atoms with van der Waals surface area (Å²) in [6.07, 6.45) is 3.07. The van der Waals surface area contributed by atoms with Crippen LogP contribution in [0.25, 0.3) is 0 Å². The number of carbonyl (C=O) groups excluding carboxylic acids is 2. The minimum absolute atomic E-state index is 0.140. The van der Waals surface area contributed by atoms with Crippen LogP contribution in [-0.4, -0.2) is 22.0 Å². The summed E-state index contributed by atoms with van der Waals surface area (Å²) < 4.78 is 5.07. The summed E-state index contributed by atoms with van der Waals surface area (Å²) in [6, 6.07) is 15.9. The van der Waals surface area contributed by atoms with Crippen LogP contribution in [0, 0.1) is 0 Å². The van der Waals surface area contributed by atoms with Gasteiger partial charge in [-0.1, -0.05) is 12.1 Å². The molecule has 7 heteroatoms. The third-order valence-electron chi connectivity index (χ3n) is 3.44. The molecule has 0 radical (unpaired) electrons. The number of furan rings is 1. The highest BCUT2D eigenvalue weighted by molar-refractivity contribution is 8.00. The molecule has 1 aromatic carbocycles. The molecule has 0 saturated carbocycles. The monoisotopic (exact) mass is 367 g/mol. The number of carbonyl (C=O) groups is 2. The molecular weight excluding hydrogens is 350 g/mol. The number of hydrogen-bond acceptors (Lipinski definition) is 5. The first kappa shape index (κ1) is 17.8. The molecule has 1 atom stereocenters. The quantitative estimate of drug-likeness (QED) is 0.642. The van der Waals surface area contributed by atoms with Gasteiger partial charge in [0.25, 0.3) is 5.91 Å². The predicted molar refractivity (Wildman–Crippen MR) is 101 cm³/mol. The van der Waals surface area contributed by atoms with E-state index < -0.39 is 0 Å². The van der Waals surface area contributed by atoms with Crippen LogP contribution in [0.5, 0.6) is 0 Å². The number of nitrogens with zero attached hydrogens (tertiary/aromatic N) is 1. The Labute approximate surface area is 155 Å². The normalized spacial score (nSPS) is 11.6. The summed E-state index contributed by atoms with van der Waals surface area (Å²) in [5, 5.41) is 5.22. The number of amides is 2. The Morgan fingerprint density at radius 1 is 1.08 bits per heavy atom. The molecule has 2 heterocycles. The van der Waals surface area contributed by atoms with Gasteiger partial charge in [0.15, 0.2) is 5.76 Å². The highest BCUT2D eigenvalue weighted by Gasteiger charge is 2.16. The van der Waals surface area contributed by atoms with Gasteiger partial charge in [-0.05, 0) is 49.4 Å². The van der Waals surface area contributed by atoms with Crippen molar-refractivity contribution in [1.82, 2.24) is 4.98 Å². The molecular formula is C19H17N3O3S. The van der Waals surface area contributed by atoms with E-state index >= 15 is 0 Å². The first-order chi connectivity index (χ1) is 12.6. The van der Waals surface area contributed by atoms with Crippen molar-refractivity contribution < 1.29 is 14.0 Å². The molecule has 3 rings (SSSR count). The molecule has 3 aromatic rings. The Hall–Kier alpha value is -3.06. The van der Waals surface area contributed by atoms with E-state index in [9.17, 15) is 9.59 Å². The minimum atomic E-state index is -0.326. The van der Waals surface area contributed by atoms with E-state index in [0.29, 0.717) is 11.5 Å². The Kier molecular flexibility index (Phi) is 5.70. The van der Waals surface area contributed by atoms with E-state index in [-0.39, 0.29) is 22.8 Å². The molecule has 2 aromatic heterocycles. The lowest BCUT2D eigenvalue weighted by Gasteiger charge is -2.12. The zero-order valence-corrected chi connectivity index (χ0v) is 14.8. The van der Waals surface area contributed by atoms with Gasteiger partial charge >= 0.3 is 0 Å². The van der Waals surface area contributed by atoms with Gasteiger partial charge in [0.05, 0.1) is 11.5 Å². The first-order valence-corrected chi connectivity index (χ1v) is 8.83. The van der Waals surface area contributed by atoms with Crippen molar-refractivity contribution in [2.45, 2.75) is 17.1 Å². The van der Waals surface area contributed by atoms with Crippen LogP contribution >= 0.6 is 11.8 Å². The zero-order chi connectivity index (χ0) is 18.4. The zero-order valence-electron chi connectivity index (χ0n) is 14.0. The summed E-state index contributed by atoms with van der Waals surface area (Å²) in [6.45, 7) is 1.82. The van der Waals surface area contributed by atoms with Crippen LogP contribution in [0.3, 0.4) is 0 Å². The van der Waals surface area contributed by atoms with E-state index in [0.717, 1.165) is 4.90 Å². The van der Waals surface area contributed by atoms with Crippen molar-refractivity contribution in [1.29, 1.82) is 0 Å². The van der Waals surface area contributed by atoms with Gasteiger partial charge < -0.3 is 15.1 Å². The summed E-state index contributed by atoms with van der Waals surface area (Å²) >= 11 is 1.40. The average Bonchev–Trinajstić information content (AvgIpc) is 3.17. The van der Waals surface area contributed by atoms with E-state index in [1.165, 1.54) is 18.0 Å². The van der Waals surface area contributed by atoms with Gasteiger partial charge in [0.2, 0.25) is 5.91 Å². The van der Waals surface area contributed by atoms with Crippen molar-refractivity contribution in [2.24, 2.45) is 0 Å². The Bertz CT molecular complexity index is 882. The third-order valence-corrected chi connectivity index (χ3v) is 4.53. The maximum absolute atomic E-state index is 12.3. The van der Waals surface area contributed by atoms with Crippen molar-refractivity contribution in [2.75, 3.05) is 10.6 Å². The molecule has 0 saturated heterocycles. The Morgan fingerprint density at radius 2 is 1.96 bits per heavy atom. The minimum Gasteiger partial charge on any atom is -0.459 e. The number of pyridine rings is 1. The highest BCUT2D eigenvalue weighted by Crippen LogP contribution is 2.26. The molecule has 0 fully saturated rings. The van der Waals surface area contributed by atoms with Crippen LogP contribution in [0.1, 0.15) is 17.5 Å². The number of rotatable bonds is 6. The van der Waals surface area contributed by atoms with Gasteiger partial charge in [-0.25, -0.2) is 4.98 Å². The second-order valence-electron chi connectivity index (χ2n) is 5.42. The second-order valence-corrected chi connectivity index (χ2v) is 6.84. The van der Waals surface area contributed by atoms with E-state index in [1.54, 1.807) is 36.5 Å². The molecule has 2 amide bonds. The van der Waals surface area contributed by atoms with E-state index in [4.69, 9.17) is 4.42 Å². The molecule has 2 N–H and O–H groups in total. The Morgan fingerprint density at radius 3 is 2.69 bits per heavy atom. The molecule has 0 aliphatic carbocycles. The van der Waals surface area contributed by atoms with Crippen LogP contribution < -0.4 is 10.6 Å². The number of benzene rings is 1. The van der Waals surface area contributed by atoms with Crippen LogP contribution in [0.2, 0.25) is 0 Å². The SMILES string of the molecule is CC(Sc1cccc(NC(=O)c2ccco2)c1)C(=O)Nc1ccccn1. The molecule has 132 valence electrons. The average molecular weight is 367 g/mol. The van der Waals surface area contributed by atoms with E-state index in [2.05, 4.69) is 15.6 Å². The lowest BCUT2D eigenvalue weighted by Crippen LogP contribution is -2.22. The summed E-state index contributed by atoms with van der Waals surface area (Å²) in [5.74, 6) is 0.299. The molecule has 0 aliphatic rings. The number of thioether (sulfide) groups is 1. The molecule has 26 heavy (non-hydrogen) atoms. The lowest BCUT2D eigenvalue weighted by atomic mass is 10.3. The van der Waals surface area contributed by atoms with Crippen LogP contribution in [0.4, 0.5) is 11.5 Å². The molecule has 0 bridgehead atoms. The van der Waals surface area contributed by atoms with Gasteiger partial charge in [-0.2, -0.15) is 0 Å². The summed E-state index contributed by atoms with van der Waals surface area (Å²) in [7, 11) is 0. The number of hydrogen-bond donors (Lipinski definition) is 2. The number of anilines is 2. The first-order valence-electron chi connectivity index (χ1n) is 7.95. The fraction of sp³-hybridized carbons (Fsp3) is 0.105. The van der Waals surface area contributed by atoms with Gasteiger partial charge in [-0.15, -0.1) is 11.8 Å². The van der Waals surface area contributed by atoms with Gasteiger partial charge in [0.1, 0.15) is 5.82 Å². The van der Waals surface area contributed by atoms with E-state index in [1.807, 2.05) is 31.2 Å². The second kappa shape index (κ2) is 8.35. The number of aromatic nitrogens is 1. The smallest absolute Gasteiger partial charge is 0.291 e. The fourth-order valence-electron chi connectivity index (χ4n) is 2.17. The predicted octanol–water partition coefficient (Wildman–Crippen LogP) is 4.05. The van der Waals surface area contributed by atoms with Gasteiger partial charge in [0, 0.05) is 16.8 Å². The molecule has 0 aliphatic heterocycles. The van der Waals surface area contributed by atoms with Gasteiger partial charge in [-0.3, -0.25) is 9.59 Å².